The van der Waals surface area contributed by atoms with Crippen molar-refractivity contribution >= 4 is 23.7 Å². The first kappa shape index (κ1) is 52.9. The minimum absolute atomic E-state index is 0.164. The highest BCUT2D eigenvalue weighted by molar-refractivity contribution is 6.15. The van der Waals surface area contributed by atoms with Gasteiger partial charge in [0.2, 0.25) is 0 Å². The number of aliphatic hydroxyl groups excluding tert-OH is 1. The number of halogens is 1. The summed E-state index contributed by atoms with van der Waals surface area (Å²) in [5.74, 6) is 1.84. The standard InChI is InChI=1S/C37H60N2O4.2C2H6.CH3Cl.CH4O/c1-28(2)32-21-19-30(5)25-34(32)42-36(40)27-38(7,8)23-17-15-13-11-12-14-16-18-24-39(9,10)37(41)43-35-26-31(6)20-22-33(35)29(3)4;4*1-2/h19-22,25-26,28-29H,11-18,23-24,27H2,1-10H3;2*1-2H3;1H3;2H,1H3/q+2;;;;. The molecule has 0 aliphatic carbocycles. The van der Waals surface area contributed by atoms with Crippen LogP contribution in [-0.4, -0.2) is 87.5 Å². The summed E-state index contributed by atoms with van der Waals surface area (Å²) in [5.41, 5.74) is 4.34. The summed E-state index contributed by atoms with van der Waals surface area (Å²) in [4.78, 5) is 25.7. The van der Waals surface area contributed by atoms with Crippen molar-refractivity contribution in [3.05, 3.63) is 58.7 Å². The number of benzene rings is 2. The number of aryl methyl sites for hydroxylation is 2. The molecular formula is C43H79ClN2O5+2. The molecule has 0 aliphatic rings. The van der Waals surface area contributed by atoms with Gasteiger partial charge in [-0.25, -0.2) is 9.28 Å². The zero-order chi connectivity index (χ0) is 40.2. The van der Waals surface area contributed by atoms with Gasteiger partial charge in [-0.05, 0) is 85.8 Å². The predicted octanol–water partition coefficient (Wildman–Crippen LogP) is 11.4. The molecule has 2 rings (SSSR count). The molecule has 0 aliphatic heterocycles. The van der Waals surface area contributed by atoms with Crippen molar-refractivity contribution in [2.45, 2.75) is 132 Å². The zero-order valence-electron chi connectivity index (χ0n) is 35.7. The van der Waals surface area contributed by atoms with Crippen LogP contribution < -0.4 is 9.47 Å². The number of hydrogen-bond donors (Lipinski definition) is 1. The van der Waals surface area contributed by atoms with E-state index in [0.717, 1.165) is 61.7 Å². The van der Waals surface area contributed by atoms with Crippen LogP contribution in [0.5, 0.6) is 11.5 Å². The lowest BCUT2D eigenvalue weighted by Crippen LogP contribution is -2.48. The van der Waals surface area contributed by atoms with E-state index in [1.54, 1.807) is 0 Å². The fraction of sp³-hybridized carbons (Fsp3) is 0.674. The molecule has 0 atom stereocenters. The van der Waals surface area contributed by atoms with Gasteiger partial charge in [-0.15, -0.1) is 11.6 Å². The number of alkyl halides is 1. The fourth-order valence-electron chi connectivity index (χ4n) is 5.41. The number of esters is 1. The maximum atomic E-state index is 13.0. The molecule has 1 N–H and O–H groups in total. The number of aliphatic hydroxyl groups is 1. The molecule has 0 bridgehead atoms. The van der Waals surface area contributed by atoms with E-state index in [1.807, 2.05) is 67.8 Å². The minimum atomic E-state index is -0.197. The number of nitrogens with zero attached hydrogens (tertiary/aromatic N) is 2. The summed E-state index contributed by atoms with van der Waals surface area (Å²) < 4.78 is 12.6. The van der Waals surface area contributed by atoms with Crippen molar-refractivity contribution in [1.82, 2.24) is 0 Å². The lowest BCUT2D eigenvalue weighted by Gasteiger charge is -2.28. The van der Waals surface area contributed by atoms with E-state index >= 15 is 0 Å². The third-order valence-corrected chi connectivity index (χ3v) is 8.29. The third kappa shape index (κ3) is 23.0. The summed E-state index contributed by atoms with van der Waals surface area (Å²) in [7, 11) is 9.11. The highest BCUT2D eigenvalue weighted by Crippen LogP contribution is 2.29. The van der Waals surface area contributed by atoms with Gasteiger partial charge in [0.15, 0.2) is 6.54 Å². The molecule has 0 saturated heterocycles. The van der Waals surface area contributed by atoms with Gasteiger partial charge in [0, 0.05) is 13.5 Å². The smallest absolute Gasteiger partial charge is 0.422 e. The van der Waals surface area contributed by atoms with Gasteiger partial charge < -0.3 is 19.1 Å². The normalized spacial score (nSPS) is 10.7. The zero-order valence-corrected chi connectivity index (χ0v) is 36.5. The second-order valence-corrected chi connectivity index (χ2v) is 14.3. The molecule has 0 unspecified atom stereocenters. The van der Waals surface area contributed by atoms with E-state index in [2.05, 4.69) is 77.7 Å². The monoisotopic (exact) mass is 739 g/mol. The van der Waals surface area contributed by atoms with Crippen LogP contribution in [0.2, 0.25) is 0 Å². The maximum Gasteiger partial charge on any atom is 0.521 e. The molecule has 0 spiro atoms. The van der Waals surface area contributed by atoms with Crippen molar-refractivity contribution in [3.63, 3.8) is 0 Å². The number of rotatable bonds is 17. The Labute approximate surface area is 319 Å². The topological polar surface area (TPSA) is 72.8 Å². The number of quaternary nitrogens is 2. The van der Waals surface area contributed by atoms with Gasteiger partial charge in [0.05, 0.1) is 41.3 Å². The molecule has 2 aromatic carbocycles. The Hall–Kier alpha value is -2.45. The SMILES string of the molecule is CC.CC.CCl.CO.Cc1ccc(C(C)C)c(OC(=O)C[N+](C)(C)CCCCCCCCCC[N+](C)(C)C(=O)Oc2cc(C)ccc2C(C)C)c1. The van der Waals surface area contributed by atoms with Crippen LogP contribution >= 0.6 is 11.6 Å². The van der Waals surface area contributed by atoms with E-state index in [1.165, 1.54) is 38.5 Å². The van der Waals surface area contributed by atoms with Gasteiger partial charge in [-0.3, -0.25) is 0 Å². The minimum Gasteiger partial charge on any atom is -0.422 e. The van der Waals surface area contributed by atoms with Crippen LogP contribution in [0.25, 0.3) is 0 Å². The highest BCUT2D eigenvalue weighted by atomic mass is 35.5. The molecule has 0 fully saturated rings. The Balaban J connectivity index is -0.00000268. The van der Waals surface area contributed by atoms with Gasteiger partial charge >= 0.3 is 12.1 Å². The molecule has 51 heavy (non-hydrogen) atoms. The van der Waals surface area contributed by atoms with Crippen LogP contribution in [0.4, 0.5) is 4.79 Å². The average molecular weight is 740 g/mol. The first-order chi connectivity index (χ1) is 24.1. The fourth-order valence-corrected chi connectivity index (χ4v) is 5.41. The number of amides is 1. The molecule has 2 aromatic rings. The number of likely N-dealkylation sites (N-methyl/N-ethyl adjacent to an activating group) is 1. The molecule has 8 heteroatoms. The van der Waals surface area contributed by atoms with E-state index in [4.69, 9.17) is 14.6 Å². The van der Waals surface area contributed by atoms with Crippen molar-refractivity contribution in [1.29, 1.82) is 0 Å². The Morgan fingerprint density at radius 2 is 0.980 bits per heavy atom. The van der Waals surface area contributed by atoms with E-state index in [0.29, 0.717) is 34.4 Å². The molecule has 0 saturated carbocycles. The molecule has 296 valence electrons. The number of hydrogen-bond acceptors (Lipinski definition) is 5. The molecular weight excluding hydrogens is 660 g/mol. The molecule has 1 amide bonds. The van der Waals surface area contributed by atoms with Crippen LogP contribution in [0.1, 0.15) is 141 Å². The summed E-state index contributed by atoms with van der Waals surface area (Å²) in [6.45, 7) is 22.6. The quantitative estimate of drug-likeness (QED) is 0.0575. The second kappa shape index (κ2) is 30.1. The second-order valence-electron chi connectivity index (χ2n) is 14.3. The van der Waals surface area contributed by atoms with Crippen molar-refractivity contribution in [2.75, 3.05) is 61.3 Å². The van der Waals surface area contributed by atoms with Crippen LogP contribution in [0.3, 0.4) is 0 Å². The van der Waals surface area contributed by atoms with E-state index in [-0.39, 0.29) is 16.5 Å². The number of carbonyl (C=O) groups is 2. The number of ether oxygens (including phenoxy) is 2. The van der Waals surface area contributed by atoms with Crippen LogP contribution in [0.15, 0.2) is 36.4 Å². The average Bonchev–Trinajstić information content (AvgIpc) is 3.08. The Bertz CT molecular complexity index is 1190. The summed E-state index contributed by atoms with van der Waals surface area (Å²) >= 11 is 4.64. The Morgan fingerprint density at radius 1 is 0.627 bits per heavy atom. The maximum absolute atomic E-state index is 13.0. The number of carbonyl (C=O) groups excluding carboxylic acids is 2. The lowest BCUT2D eigenvalue weighted by atomic mass is 10.0. The first-order valence-corrected chi connectivity index (χ1v) is 20.0. The first-order valence-electron chi connectivity index (χ1n) is 19.2. The summed E-state index contributed by atoms with van der Waals surface area (Å²) in [6.07, 6.45) is 10.6. The third-order valence-electron chi connectivity index (χ3n) is 8.29. The van der Waals surface area contributed by atoms with Gasteiger partial charge in [0.1, 0.15) is 11.5 Å². The van der Waals surface area contributed by atoms with Crippen molar-refractivity contribution < 1.29 is 33.1 Å². The van der Waals surface area contributed by atoms with E-state index < -0.39 is 0 Å². The van der Waals surface area contributed by atoms with Gasteiger partial charge in [-0.1, -0.05) is 105 Å². The van der Waals surface area contributed by atoms with Crippen LogP contribution in [-0.2, 0) is 4.79 Å². The van der Waals surface area contributed by atoms with Crippen molar-refractivity contribution in [3.8, 4) is 11.5 Å². The Kier molecular flexibility index (Phi) is 31.2. The van der Waals surface area contributed by atoms with Crippen LogP contribution in [0, 0.1) is 13.8 Å². The molecule has 0 radical (unpaired) electrons. The van der Waals surface area contributed by atoms with Crippen molar-refractivity contribution in [2.24, 2.45) is 0 Å². The number of unbranched alkanes of at least 4 members (excludes halogenated alkanes) is 7. The molecule has 0 heterocycles. The predicted molar refractivity (Wildman–Crippen MR) is 221 cm³/mol. The van der Waals surface area contributed by atoms with E-state index in [9.17, 15) is 9.59 Å². The Morgan fingerprint density at radius 3 is 1.37 bits per heavy atom. The highest BCUT2D eigenvalue weighted by Gasteiger charge is 2.30. The summed E-state index contributed by atoms with van der Waals surface area (Å²) in [6, 6.07) is 12.2. The molecule has 7 nitrogen and oxygen atoms in total. The van der Waals surface area contributed by atoms with Gasteiger partial charge in [-0.2, -0.15) is 4.79 Å². The largest absolute Gasteiger partial charge is 0.521 e. The lowest BCUT2D eigenvalue weighted by molar-refractivity contribution is -0.883. The summed E-state index contributed by atoms with van der Waals surface area (Å²) in [5, 5.41) is 7.00. The molecule has 0 aromatic heterocycles. The van der Waals surface area contributed by atoms with Gasteiger partial charge in [0.25, 0.3) is 0 Å².